The molecule has 0 spiro atoms. The van der Waals surface area contributed by atoms with Gasteiger partial charge in [0.2, 0.25) is 0 Å². The van der Waals surface area contributed by atoms with Crippen LogP contribution in [0.25, 0.3) is 0 Å². The minimum Gasteiger partial charge on any atom is -0.398 e. The molecule has 16 heavy (non-hydrogen) atoms. The fraction of sp³-hybridized carbons (Fsp3) is 0.333. The van der Waals surface area contributed by atoms with E-state index in [0.29, 0.717) is 6.04 Å². The van der Waals surface area contributed by atoms with Crippen LogP contribution in [0.15, 0.2) is 28.3 Å². The predicted octanol–water partition coefficient (Wildman–Crippen LogP) is 3.11. The highest BCUT2D eigenvalue weighted by Crippen LogP contribution is 2.18. The fourth-order valence-electron chi connectivity index (χ4n) is 1.60. The number of hydrogen-bond acceptors (Lipinski definition) is 4. The molecule has 2 nitrogen and oxygen atoms in total. The van der Waals surface area contributed by atoms with Crippen LogP contribution in [0.3, 0.4) is 0 Å². The van der Waals surface area contributed by atoms with Crippen molar-refractivity contribution in [2.45, 2.75) is 25.9 Å². The summed E-state index contributed by atoms with van der Waals surface area (Å²) in [6.45, 7) is 3.08. The fourth-order valence-corrected chi connectivity index (χ4v) is 3.03. The molecule has 2 rings (SSSR count). The van der Waals surface area contributed by atoms with Gasteiger partial charge in [0, 0.05) is 23.2 Å². The average Bonchev–Trinajstić information content (AvgIpc) is 2.87. The van der Waals surface area contributed by atoms with Crippen molar-refractivity contribution in [1.82, 2.24) is 5.32 Å². The van der Waals surface area contributed by atoms with Crippen molar-refractivity contribution < 1.29 is 0 Å². The molecule has 0 aliphatic rings. The Hall–Kier alpha value is -0.840. The Morgan fingerprint density at radius 2 is 2.25 bits per heavy atom. The molecule has 2 aromatic heterocycles. The first-order valence-corrected chi connectivity index (χ1v) is 7.14. The summed E-state index contributed by atoms with van der Waals surface area (Å²) in [5.41, 5.74) is 8.14. The molecule has 2 aromatic rings. The molecule has 4 heteroatoms. The number of nitrogens with one attached hydrogen (secondary N) is 1. The van der Waals surface area contributed by atoms with Gasteiger partial charge in [-0.2, -0.15) is 11.3 Å². The maximum absolute atomic E-state index is 5.83. The van der Waals surface area contributed by atoms with Gasteiger partial charge in [-0.3, -0.25) is 0 Å². The predicted molar refractivity (Wildman–Crippen MR) is 73.1 cm³/mol. The molecule has 1 unspecified atom stereocenters. The SMILES string of the molecule is CC(Cc1ccsc1)NCc1sccc1N. The van der Waals surface area contributed by atoms with Gasteiger partial charge in [0.1, 0.15) is 0 Å². The van der Waals surface area contributed by atoms with Gasteiger partial charge < -0.3 is 11.1 Å². The smallest absolute Gasteiger partial charge is 0.0468 e. The zero-order chi connectivity index (χ0) is 11.4. The number of thiophene rings is 2. The zero-order valence-corrected chi connectivity index (χ0v) is 10.9. The van der Waals surface area contributed by atoms with Crippen LogP contribution in [0.2, 0.25) is 0 Å². The van der Waals surface area contributed by atoms with Crippen molar-refractivity contribution in [3.8, 4) is 0 Å². The lowest BCUT2D eigenvalue weighted by Gasteiger charge is -2.12. The summed E-state index contributed by atoms with van der Waals surface area (Å²) in [6, 6.07) is 4.63. The van der Waals surface area contributed by atoms with E-state index in [1.54, 1.807) is 22.7 Å². The minimum atomic E-state index is 0.482. The monoisotopic (exact) mass is 252 g/mol. The molecule has 0 saturated carbocycles. The van der Waals surface area contributed by atoms with Gasteiger partial charge >= 0.3 is 0 Å². The standard InChI is InChI=1S/C12H16N2S2/c1-9(6-10-2-4-15-8-10)14-7-12-11(13)3-5-16-12/h2-5,8-9,14H,6-7,13H2,1H3. The third-order valence-electron chi connectivity index (χ3n) is 2.51. The first-order valence-electron chi connectivity index (χ1n) is 5.32. The maximum Gasteiger partial charge on any atom is 0.0468 e. The molecule has 86 valence electrons. The van der Waals surface area contributed by atoms with E-state index in [1.165, 1.54) is 10.4 Å². The van der Waals surface area contributed by atoms with Crippen LogP contribution in [0.1, 0.15) is 17.4 Å². The third kappa shape index (κ3) is 3.07. The molecule has 0 saturated heterocycles. The molecule has 0 aliphatic carbocycles. The van der Waals surface area contributed by atoms with Gasteiger partial charge in [0.15, 0.2) is 0 Å². The Kier molecular flexibility index (Phi) is 3.98. The van der Waals surface area contributed by atoms with Crippen LogP contribution in [-0.2, 0) is 13.0 Å². The normalized spacial score (nSPS) is 12.8. The van der Waals surface area contributed by atoms with E-state index in [9.17, 15) is 0 Å². The molecule has 0 amide bonds. The molecule has 0 aliphatic heterocycles. The first kappa shape index (κ1) is 11.6. The van der Waals surface area contributed by atoms with Gasteiger partial charge in [-0.1, -0.05) is 0 Å². The molecule has 2 heterocycles. The highest BCUT2D eigenvalue weighted by atomic mass is 32.1. The van der Waals surface area contributed by atoms with Gasteiger partial charge in [-0.25, -0.2) is 0 Å². The lowest BCUT2D eigenvalue weighted by atomic mass is 10.1. The van der Waals surface area contributed by atoms with E-state index in [-0.39, 0.29) is 0 Å². The van der Waals surface area contributed by atoms with E-state index < -0.39 is 0 Å². The van der Waals surface area contributed by atoms with Crippen molar-refractivity contribution in [3.05, 3.63) is 38.7 Å². The largest absolute Gasteiger partial charge is 0.398 e. The van der Waals surface area contributed by atoms with Crippen LogP contribution in [0, 0.1) is 0 Å². The Balaban J connectivity index is 1.80. The third-order valence-corrected chi connectivity index (χ3v) is 4.18. The second kappa shape index (κ2) is 5.48. The first-order chi connectivity index (χ1) is 7.75. The molecule has 0 fully saturated rings. The van der Waals surface area contributed by atoms with Crippen LogP contribution < -0.4 is 11.1 Å². The second-order valence-corrected chi connectivity index (χ2v) is 5.70. The summed E-state index contributed by atoms with van der Waals surface area (Å²) in [4.78, 5) is 1.23. The van der Waals surface area contributed by atoms with Crippen LogP contribution >= 0.6 is 22.7 Å². The lowest BCUT2D eigenvalue weighted by Crippen LogP contribution is -2.27. The molecule has 0 bridgehead atoms. The highest BCUT2D eigenvalue weighted by molar-refractivity contribution is 7.10. The summed E-state index contributed by atoms with van der Waals surface area (Å²) in [5, 5.41) is 9.87. The quantitative estimate of drug-likeness (QED) is 0.858. The number of nitrogens with two attached hydrogens (primary N) is 1. The summed E-state index contributed by atoms with van der Waals surface area (Å²) in [6.07, 6.45) is 1.08. The number of rotatable bonds is 5. The number of anilines is 1. The van der Waals surface area contributed by atoms with Gasteiger partial charge in [-0.05, 0) is 47.2 Å². The summed E-state index contributed by atoms with van der Waals surface area (Å²) in [5.74, 6) is 0. The van der Waals surface area contributed by atoms with E-state index in [1.807, 2.05) is 11.4 Å². The minimum absolute atomic E-state index is 0.482. The Labute approximate surface area is 104 Å². The van der Waals surface area contributed by atoms with E-state index >= 15 is 0 Å². The van der Waals surface area contributed by atoms with E-state index in [4.69, 9.17) is 5.73 Å². The molecular formula is C12H16N2S2. The maximum atomic E-state index is 5.83. The van der Waals surface area contributed by atoms with E-state index in [2.05, 4.69) is 29.1 Å². The molecule has 0 aromatic carbocycles. The Morgan fingerprint density at radius 1 is 1.38 bits per heavy atom. The van der Waals surface area contributed by atoms with Crippen LogP contribution in [0.5, 0.6) is 0 Å². The number of nitrogen functional groups attached to an aromatic ring is 1. The lowest BCUT2D eigenvalue weighted by molar-refractivity contribution is 0.550. The summed E-state index contributed by atoms with van der Waals surface area (Å²) < 4.78 is 0. The highest BCUT2D eigenvalue weighted by Gasteiger charge is 2.05. The van der Waals surface area contributed by atoms with Crippen molar-refractivity contribution >= 4 is 28.4 Å². The Bertz CT molecular complexity index is 420. The van der Waals surface area contributed by atoms with E-state index in [0.717, 1.165) is 18.7 Å². The average molecular weight is 252 g/mol. The van der Waals surface area contributed by atoms with Gasteiger partial charge in [-0.15, -0.1) is 11.3 Å². The molecule has 0 radical (unpaired) electrons. The molecule has 1 atom stereocenters. The molecular weight excluding hydrogens is 236 g/mol. The van der Waals surface area contributed by atoms with Crippen molar-refractivity contribution in [2.75, 3.05) is 5.73 Å². The summed E-state index contributed by atoms with van der Waals surface area (Å²) >= 11 is 3.47. The number of hydrogen-bond donors (Lipinski definition) is 2. The zero-order valence-electron chi connectivity index (χ0n) is 9.27. The topological polar surface area (TPSA) is 38.0 Å². The Morgan fingerprint density at radius 3 is 2.88 bits per heavy atom. The molecule has 3 N–H and O–H groups in total. The van der Waals surface area contributed by atoms with Crippen LogP contribution in [-0.4, -0.2) is 6.04 Å². The van der Waals surface area contributed by atoms with Crippen molar-refractivity contribution in [3.63, 3.8) is 0 Å². The van der Waals surface area contributed by atoms with Crippen LogP contribution in [0.4, 0.5) is 5.69 Å². The van der Waals surface area contributed by atoms with Crippen molar-refractivity contribution in [1.29, 1.82) is 0 Å². The van der Waals surface area contributed by atoms with Gasteiger partial charge in [0.05, 0.1) is 0 Å². The van der Waals surface area contributed by atoms with Crippen molar-refractivity contribution in [2.24, 2.45) is 0 Å². The summed E-state index contributed by atoms with van der Waals surface area (Å²) in [7, 11) is 0. The van der Waals surface area contributed by atoms with Gasteiger partial charge in [0.25, 0.3) is 0 Å². The second-order valence-electron chi connectivity index (χ2n) is 3.92.